The Morgan fingerprint density at radius 3 is 2.29 bits per heavy atom. The van der Waals surface area contributed by atoms with Crippen LogP contribution in [0.2, 0.25) is 0 Å². The van der Waals surface area contributed by atoms with Gasteiger partial charge in [0.2, 0.25) is 5.88 Å². The molecular weight excluding hydrogens is 396 g/mol. The molecule has 0 saturated heterocycles. The summed E-state index contributed by atoms with van der Waals surface area (Å²) in [6, 6.07) is 5.56. The molecule has 0 amide bonds. The van der Waals surface area contributed by atoms with Crippen LogP contribution < -0.4 is 9.47 Å². The van der Waals surface area contributed by atoms with Gasteiger partial charge in [-0.1, -0.05) is 26.8 Å². The summed E-state index contributed by atoms with van der Waals surface area (Å²) in [4.78, 5) is 12.8. The van der Waals surface area contributed by atoms with E-state index in [-0.39, 0.29) is 1.43 Å². The van der Waals surface area contributed by atoms with E-state index >= 15 is 0 Å². The summed E-state index contributed by atoms with van der Waals surface area (Å²) >= 11 is 0. The van der Waals surface area contributed by atoms with Crippen LogP contribution in [0.3, 0.4) is 0 Å². The van der Waals surface area contributed by atoms with Crippen molar-refractivity contribution in [3.8, 4) is 23.1 Å². The van der Waals surface area contributed by atoms with Crippen molar-refractivity contribution in [2.24, 2.45) is 5.92 Å². The molecule has 3 aromatic heterocycles. The molecule has 9 heteroatoms. The van der Waals surface area contributed by atoms with E-state index in [1.807, 2.05) is 23.6 Å². The number of nitrogens with zero attached hydrogens (tertiary/aromatic N) is 6. The highest BCUT2D eigenvalue weighted by atomic mass is 16.5. The molecule has 0 unspecified atom stereocenters. The molecule has 0 spiro atoms. The van der Waals surface area contributed by atoms with E-state index in [2.05, 4.69) is 45.9 Å². The van der Waals surface area contributed by atoms with Gasteiger partial charge in [0, 0.05) is 27.1 Å². The molecule has 0 fully saturated rings. The van der Waals surface area contributed by atoms with E-state index in [4.69, 9.17) is 14.2 Å². The Bertz CT molecular complexity index is 934. The summed E-state index contributed by atoms with van der Waals surface area (Å²) in [6.07, 6.45) is 3.42. The first-order chi connectivity index (χ1) is 14.9. The average molecular weight is 431 g/mol. The van der Waals surface area contributed by atoms with Crippen LogP contribution >= 0.6 is 0 Å². The predicted molar refractivity (Wildman–Crippen MR) is 120 cm³/mol. The van der Waals surface area contributed by atoms with Gasteiger partial charge in [0.05, 0.1) is 33.2 Å². The Balaban J connectivity index is 0.000000327. The lowest BCUT2D eigenvalue weighted by Gasteiger charge is -2.13. The Kier molecular flexibility index (Phi) is 9.33. The maximum Gasteiger partial charge on any atom is 0.213 e. The minimum Gasteiger partial charge on any atom is -0.494 e. The van der Waals surface area contributed by atoms with Gasteiger partial charge in [0.15, 0.2) is 11.6 Å². The third-order valence-electron chi connectivity index (χ3n) is 4.91. The summed E-state index contributed by atoms with van der Waals surface area (Å²) in [5, 5.41) is 8.23. The molecule has 3 heterocycles. The van der Waals surface area contributed by atoms with Crippen molar-refractivity contribution in [1.29, 1.82) is 0 Å². The molecule has 3 rings (SSSR count). The van der Waals surface area contributed by atoms with Gasteiger partial charge < -0.3 is 18.8 Å². The summed E-state index contributed by atoms with van der Waals surface area (Å²) in [7, 11) is 4.88. The van der Waals surface area contributed by atoms with E-state index in [0.717, 1.165) is 23.2 Å². The molecule has 0 aliphatic carbocycles. The summed E-state index contributed by atoms with van der Waals surface area (Å²) in [5.41, 5.74) is 0.742. The highest BCUT2D eigenvalue weighted by Crippen LogP contribution is 2.21. The summed E-state index contributed by atoms with van der Waals surface area (Å²) in [5.74, 6) is 4.68. The van der Waals surface area contributed by atoms with Gasteiger partial charge in [0.1, 0.15) is 17.3 Å². The van der Waals surface area contributed by atoms with Crippen molar-refractivity contribution in [3.63, 3.8) is 0 Å². The lowest BCUT2D eigenvalue weighted by molar-refractivity contribution is 0.187. The normalized spacial score (nSPS) is 11.6. The topological polar surface area (TPSA) is 97.1 Å². The minimum atomic E-state index is 0. The minimum absolute atomic E-state index is 0. The highest BCUT2D eigenvalue weighted by molar-refractivity contribution is 5.50. The van der Waals surface area contributed by atoms with E-state index in [0.29, 0.717) is 36.6 Å². The van der Waals surface area contributed by atoms with E-state index in [1.54, 1.807) is 39.8 Å². The van der Waals surface area contributed by atoms with Crippen LogP contribution in [0.4, 0.5) is 0 Å². The zero-order valence-electron chi connectivity index (χ0n) is 19.4. The predicted octanol–water partition coefficient (Wildman–Crippen LogP) is 3.79. The first kappa shape index (κ1) is 24.2. The van der Waals surface area contributed by atoms with E-state index < -0.39 is 0 Å². The fraction of sp³-hybridized carbons (Fsp3) is 0.500. The van der Waals surface area contributed by atoms with Gasteiger partial charge in [-0.25, -0.2) is 15.0 Å². The maximum absolute atomic E-state index is 5.11. The second-order valence-electron chi connectivity index (χ2n) is 7.29. The third-order valence-corrected chi connectivity index (χ3v) is 4.91. The average Bonchev–Trinajstić information content (AvgIpc) is 3.17. The van der Waals surface area contributed by atoms with Crippen LogP contribution in [0.1, 0.15) is 39.8 Å². The Morgan fingerprint density at radius 2 is 1.71 bits per heavy atom. The molecule has 31 heavy (non-hydrogen) atoms. The Hall–Kier alpha value is -3.07. The number of aromatic nitrogens is 6. The lowest BCUT2D eigenvalue weighted by Crippen LogP contribution is -2.08. The monoisotopic (exact) mass is 430 g/mol. The van der Waals surface area contributed by atoms with Crippen molar-refractivity contribution in [2.75, 3.05) is 27.9 Å². The fourth-order valence-corrected chi connectivity index (χ4v) is 2.64. The third kappa shape index (κ3) is 6.71. The first-order valence-electron chi connectivity index (χ1n) is 10.2. The van der Waals surface area contributed by atoms with Crippen LogP contribution in [-0.4, -0.2) is 57.7 Å². The standard InChI is InChI=1S/C12H16N4O2.C10H16N2O.H2/c1-9-14-15-12(16(9)7-8-17-2)10-5-4-6-11(13-10)18-3;1-7(2)8(3)10-11-5-9(13-4)6-12-10;/h4-6H,7-8H2,1-3H3;5-8H,1-4H3;1H/t;8-;/m.0./s1. The molecule has 1 atom stereocenters. The van der Waals surface area contributed by atoms with Crippen LogP contribution in [0.25, 0.3) is 11.5 Å². The second kappa shape index (κ2) is 11.9. The van der Waals surface area contributed by atoms with Crippen molar-refractivity contribution in [3.05, 3.63) is 42.2 Å². The van der Waals surface area contributed by atoms with Crippen LogP contribution in [0, 0.1) is 12.8 Å². The highest BCUT2D eigenvalue weighted by Gasteiger charge is 2.13. The quantitative estimate of drug-likeness (QED) is 0.532. The molecule has 0 aromatic carbocycles. The number of ether oxygens (including phenoxy) is 3. The first-order valence-corrected chi connectivity index (χ1v) is 10.2. The summed E-state index contributed by atoms with van der Waals surface area (Å²) < 4.78 is 17.2. The number of aryl methyl sites for hydroxylation is 1. The van der Waals surface area contributed by atoms with Crippen LogP contribution in [0.5, 0.6) is 11.6 Å². The number of pyridine rings is 1. The zero-order chi connectivity index (χ0) is 22.8. The van der Waals surface area contributed by atoms with Gasteiger partial charge >= 0.3 is 0 Å². The van der Waals surface area contributed by atoms with Crippen molar-refractivity contribution in [2.45, 2.75) is 40.2 Å². The van der Waals surface area contributed by atoms with Crippen molar-refractivity contribution in [1.82, 2.24) is 29.7 Å². The number of hydrogen-bond donors (Lipinski definition) is 0. The molecule has 0 aliphatic rings. The Morgan fingerprint density at radius 1 is 1.00 bits per heavy atom. The summed E-state index contributed by atoms with van der Waals surface area (Å²) in [6.45, 7) is 9.68. The smallest absolute Gasteiger partial charge is 0.213 e. The van der Waals surface area contributed by atoms with Crippen LogP contribution in [0.15, 0.2) is 30.6 Å². The molecule has 0 N–H and O–H groups in total. The van der Waals surface area contributed by atoms with Gasteiger partial charge in [0.25, 0.3) is 0 Å². The van der Waals surface area contributed by atoms with Gasteiger partial charge in [-0.3, -0.25) is 0 Å². The zero-order valence-corrected chi connectivity index (χ0v) is 19.4. The van der Waals surface area contributed by atoms with E-state index in [9.17, 15) is 0 Å². The number of hydrogen-bond acceptors (Lipinski definition) is 8. The molecule has 0 saturated carbocycles. The molecule has 0 aliphatic heterocycles. The molecule has 0 bridgehead atoms. The van der Waals surface area contributed by atoms with Gasteiger partial charge in [-0.15, -0.1) is 10.2 Å². The number of methoxy groups -OCH3 is 3. The molecule has 3 aromatic rings. The van der Waals surface area contributed by atoms with Crippen molar-refractivity contribution >= 4 is 0 Å². The number of rotatable bonds is 8. The van der Waals surface area contributed by atoms with Gasteiger partial charge in [-0.2, -0.15) is 0 Å². The fourth-order valence-electron chi connectivity index (χ4n) is 2.64. The molecule has 0 radical (unpaired) electrons. The SMILES string of the molecule is COCCn1c(C)nnc1-c1cccc(OC)n1.COc1cnc([C@@H](C)C(C)C)nc1.[HH]. The maximum atomic E-state index is 5.11. The Labute approximate surface area is 185 Å². The van der Waals surface area contributed by atoms with Gasteiger partial charge in [-0.05, 0) is 18.9 Å². The molecule has 9 nitrogen and oxygen atoms in total. The van der Waals surface area contributed by atoms with E-state index in [1.165, 1.54) is 0 Å². The molecular formula is C22H34N6O3. The second-order valence-corrected chi connectivity index (χ2v) is 7.29. The van der Waals surface area contributed by atoms with Crippen LogP contribution in [-0.2, 0) is 11.3 Å². The van der Waals surface area contributed by atoms with Crippen molar-refractivity contribution < 1.29 is 15.6 Å². The largest absolute Gasteiger partial charge is 0.494 e. The molecule has 170 valence electrons. The lowest BCUT2D eigenvalue weighted by atomic mass is 9.97.